The van der Waals surface area contributed by atoms with Crippen molar-refractivity contribution in [1.29, 1.82) is 0 Å². The minimum Gasteiger partial charge on any atom is -0.454 e. The van der Waals surface area contributed by atoms with E-state index in [2.05, 4.69) is 27.8 Å². The highest BCUT2D eigenvalue weighted by atomic mass is 32.1. The Morgan fingerprint density at radius 2 is 1.94 bits per heavy atom. The van der Waals surface area contributed by atoms with Crippen LogP contribution in [0.25, 0.3) is 0 Å². The van der Waals surface area contributed by atoms with Crippen LogP contribution in [0.4, 0.5) is 5.13 Å². The fourth-order valence-electron chi connectivity index (χ4n) is 3.84. The minimum absolute atomic E-state index is 0.00590. The van der Waals surface area contributed by atoms with Gasteiger partial charge in [0.15, 0.2) is 16.6 Å². The third kappa shape index (κ3) is 4.11. The molecule has 5 rings (SSSR count). The number of fused-ring (bicyclic) bond motifs is 2. The van der Waals surface area contributed by atoms with Crippen LogP contribution in [0.2, 0.25) is 0 Å². The van der Waals surface area contributed by atoms with E-state index < -0.39 is 0 Å². The van der Waals surface area contributed by atoms with Crippen LogP contribution in [0, 0.1) is 0 Å². The van der Waals surface area contributed by atoms with Crippen LogP contribution in [-0.4, -0.2) is 30.1 Å². The monoisotopic (exact) mass is 435 g/mol. The molecule has 0 saturated heterocycles. The van der Waals surface area contributed by atoms with Gasteiger partial charge in [0.1, 0.15) is 0 Å². The molecule has 2 aliphatic rings. The summed E-state index contributed by atoms with van der Waals surface area (Å²) >= 11 is 1.43. The average Bonchev–Trinajstić information content (AvgIpc) is 3.49. The Labute approximate surface area is 183 Å². The third-order valence-electron chi connectivity index (χ3n) is 5.45. The van der Waals surface area contributed by atoms with E-state index in [0.717, 1.165) is 29.8 Å². The van der Waals surface area contributed by atoms with Crippen molar-refractivity contribution in [3.05, 3.63) is 70.2 Å². The fourth-order valence-corrected chi connectivity index (χ4v) is 4.87. The van der Waals surface area contributed by atoms with E-state index in [-0.39, 0.29) is 24.5 Å². The average molecular weight is 436 g/mol. The van der Waals surface area contributed by atoms with Crippen molar-refractivity contribution < 1.29 is 19.1 Å². The molecule has 0 bridgehead atoms. The number of ether oxygens (including phenoxy) is 2. The number of nitrogens with zero attached hydrogens (tertiary/aromatic N) is 1. The van der Waals surface area contributed by atoms with Crippen molar-refractivity contribution in [2.75, 3.05) is 18.7 Å². The largest absolute Gasteiger partial charge is 0.454 e. The van der Waals surface area contributed by atoms with E-state index in [0.29, 0.717) is 28.7 Å². The second-order valence-corrected chi connectivity index (χ2v) is 8.55. The Bertz CT molecular complexity index is 1130. The fraction of sp³-hybridized carbons (Fsp3) is 0.261. The Kier molecular flexibility index (Phi) is 5.30. The van der Waals surface area contributed by atoms with Crippen LogP contribution in [0.1, 0.15) is 38.8 Å². The highest BCUT2D eigenvalue weighted by Crippen LogP contribution is 2.39. The summed E-state index contributed by atoms with van der Waals surface area (Å²) in [4.78, 5) is 30.9. The summed E-state index contributed by atoms with van der Waals surface area (Å²) in [6, 6.07) is 15.1. The van der Waals surface area contributed by atoms with Crippen LogP contribution < -0.4 is 20.1 Å². The number of aromatic nitrogens is 1. The van der Waals surface area contributed by atoms with Gasteiger partial charge < -0.3 is 14.8 Å². The van der Waals surface area contributed by atoms with Crippen LogP contribution in [0.5, 0.6) is 11.5 Å². The standard InChI is InChI=1S/C23H21N3O4S/c27-21(15-6-8-17-18(12-15)30-13-29-17)26-23-25-20-16(7-9-19(20)31-23)22(28)24-11-10-14-4-2-1-3-5-14/h1-6,8,12,16H,7,9-11,13H2,(H,24,28)(H,25,26,27)/t16-/m1/s1. The molecule has 0 spiro atoms. The van der Waals surface area contributed by atoms with Gasteiger partial charge in [-0.1, -0.05) is 30.3 Å². The normalized spacial score (nSPS) is 16.1. The highest BCUT2D eigenvalue weighted by molar-refractivity contribution is 7.16. The molecule has 2 heterocycles. The maximum absolute atomic E-state index is 12.7. The highest BCUT2D eigenvalue weighted by Gasteiger charge is 2.32. The van der Waals surface area contributed by atoms with Crippen LogP contribution in [0.15, 0.2) is 48.5 Å². The lowest BCUT2D eigenvalue weighted by atomic mass is 10.1. The summed E-state index contributed by atoms with van der Waals surface area (Å²) in [6.07, 6.45) is 2.34. The number of hydrogen-bond acceptors (Lipinski definition) is 6. The van der Waals surface area contributed by atoms with Gasteiger partial charge in [0.25, 0.3) is 5.91 Å². The van der Waals surface area contributed by atoms with Gasteiger partial charge in [-0.25, -0.2) is 4.98 Å². The number of nitrogens with one attached hydrogen (secondary N) is 2. The van der Waals surface area contributed by atoms with Crippen molar-refractivity contribution in [3.8, 4) is 11.5 Å². The zero-order valence-electron chi connectivity index (χ0n) is 16.7. The molecule has 7 nitrogen and oxygen atoms in total. The summed E-state index contributed by atoms with van der Waals surface area (Å²) in [7, 11) is 0. The van der Waals surface area contributed by atoms with Gasteiger partial charge in [0, 0.05) is 17.0 Å². The van der Waals surface area contributed by atoms with Gasteiger partial charge in [-0.15, -0.1) is 11.3 Å². The third-order valence-corrected chi connectivity index (χ3v) is 6.49. The summed E-state index contributed by atoms with van der Waals surface area (Å²) in [5.41, 5.74) is 2.44. The zero-order chi connectivity index (χ0) is 21.2. The van der Waals surface area contributed by atoms with E-state index in [9.17, 15) is 9.59 Å². The zero-order valence-corrected chi connectivity index (χ0v) is 17.5. The van der Waals surface area contributed by atoms with Crippen molar-refractivity contribution in [3.63, 3.8) is 0 Å². The van der Waals surface area contributed by atoms with Crippen molar-refractivity contribution in [2.45, 2.75) is 25.2 Å². The molecule has 2 amide bonds. The lowest BCUT2D eigenvalue weighted by Gasteiger charge is -2.11. The number of amides is 2. The maximum atomic E-state index is 12.7. The second-order valence-electron chi connectivity index (χ2n) is 7.47. The molecule has 1 aromatic heterocycles. The molecular formula is C23H21N3O4S. The summed E-state index contributed by atoms with van der Waals surface area (Å²) in [5, 5.41) is 6.38. The molecule has 1 aliphatic carbocycles. The Morgan fingerprint density at radius 3 is 2.81 bits per heavy atom. The smallest absolute Gasteiger partial charge is 0.257 e. The molecule has 0 unspecified atom stereocenters. The topological polar surface area (TPSA) is 89.6 Å². The summed E-state index contributed by atoms with van der Waals surface area (Å²) in [5.74, 6) is 0.647. The van der Waals surface area contributed by atoms with Gasteiger partial charge in [0.05, 0.1) is 11.6 Å². The van der Waals surface area contributed by atoms with Crippen LogP contribution >= 0.6 is 11.3 Å². The molecule has 1 atom stereocenters. The minimum atomic E-state index is -0.269. The number of carbonyl (C=O) groups excluding carboxylic acids is 2. The number of anilines is 1. The van der Waals surface area contributed by atoms with E-state index >= 15 is 0 Å². The number of benzene rings is 2. The first-order valence-corrected chi connectivity index (χ1v) is 11.0. The first kappa shape index (κ1) is 19.6. The van der Waals surface area contributed by atoms with Crippen molar-refractivity contribution in [2.24, 2.45) is 0 Å². The van der Waals surface area contributed by atoms with Crippen LogP contribution in [-0.2, 0) is 17.6 Å². The second kappa shape index (κ2) is 8.39. The maximum Gasteiger partial charge on any atom is 0.257 e. The molecule has 2 N–H and O–H groups in total. The SMILES string of the molecule is O=C(Nc1nc2c(s1)CC[C@H]2C(=O)NCCc1ccccc1)c1ccc2c(c1)OCO2. The van der Waals surface area contributed by atoms with Gasteiger partial charge in [0.2, 0.25) is 12.7 Å². The molecule has 1 aliphatic heterocycles. The Morgan fingerprint density at radius 1 is 1.10 bits per heavy atom. The molecule has 0 saturated carbocycles. The van der Waals surface area contributed by atoms with Crippen LogP contribution in [0.3, 0.4) is 0 Å². The van der Waals surface area contributed by atoms with Gasteiger partial charge >= 0.3 is 0 Å². The van der Waals surface area contributed by atoms with E-state index in [1.807, 2.05) is 18.2 Å². The Hall–Kier alpha value is -3.39. The number of rotatable bonds is 6. The number of thiazole rings is 1. The Balaban J connectivity index is 1.21. The molecule has 158 valence electrons. The first-order chi connectivity index (χ1) is 15.2. The molecule has 0 radical (unpaired) electrons. The number of carbonyl (C=O) groups is 2. The predicted octanol–water partition coefficient (Wildman–Crippen LogP) is 3.51. The molecule has 8 heteroatoms. The summed E-state index contributed by atoms with van der Waals surface area (Å²) in [6.45, 7) is 0.751. The first-order valence-electron chi connectivity index (χ1n) is 10.2. The van der Waals surface area contributed by atoms with Gasteiger partial charge in [-0.05, 0) is 43.0 Å². The predicted molar refractivity (Wildman–Crippen MR) is 117 cm³/mol. The van der Waals surface area contributed by atoms with Gasteiger partial charge in [-0.3, -0.25) is 14.9 Å². The molecule has 31 heavy (non-hydrogen) atoms. The van der Waals surface area contributed by atoms with Crippen molar-refractivity contribution in [1.82, 2.24) is 10.3 Å². The van der Waals surface area contributed by atoms with Crippen molar-refractivity contribution >= 4 is 28.3 Å². The van der Waals surface area contributed by atoms with E-state index in [1.54, 1.807) is 18.2 Å². The lowest BCUT2D eigenvalue weighted by molar-refractivity contribution is -0.122. The van der Waals surface area contributed by atoms with Gasteiger partial charge in [-0.2, -0.15) is 0 Å². The summed E-state index contributed by atoms with van der Waals surface area (Å²) < 4.78 is 10.6. The number of aryl methyl sites for hydroxylation is 1. The lowest BCUT2D eigenvalue weighted by Crippen LogP contribution is -2.30. The number of hydrogen-bond donors (Lipinski definition) is 2. The molecule has 0 fully saturated rings. The molecule has 2 aromatic carbocycles. The van der Waals surface area contributed by atoms with E-state index in [4.69, 9.17) is 9.47 Å². The van der Waals surface area contributed by atoms with E-state index in [1.165, 1.54) is 16.9 Å². The molecular weight excluding hydrogens is 414 g/mol. The quantitative estimate of drug-likeness (QED) is 0.619. The molecule has 3 aromatic rings.